The van der Waals surface area contributed by atoms with Crippen LogP contribution in [0.1, 0.15) is 0 Å². The van der Waals surface area contributed by atoms with Gasteiger partial charge in [0.15, 0.2) is 11.6 Å². The number of nitrogens with zero attached hydrogens (tertiary/aromatic N) is 10. The summed E-state index contributed by atoms with van der Waals surface area (Å²) in [5.41, 5.74) is 22.4. The van der Waals surface area contributed by atoms with Crippen molar-refractivity contribution in [1.29, 1.82) is 0 Å². The van der Waals surface area contributed by atoms with Crippen LogP contribution in [0.4, 0.5) is 0 Å². The van der Waals surface area contributed by atoms with Crippen LogP contribution in [0, 0.1) is 0 Å². The minimum Gasteiger partial charge on any atom is -0.309 e. The van der Waals surface area contributed by atoms with Crippen LogP contribution in [-0.2, 0) is 0 Å². The molecule has 0 spiro atoms. The molecule has 0 aliphatic rings. The maximum Gasteiger partial charge on any atom is 0.268 e. The Hall–Kier alpha value is -15.4. The Morgan fingerprint density at radius 2 is 0.451 bits per heavy atom. The first-order chi connectivity index (χ1) is 56.1. The molecule has 23 aromatic rings. The first-order valence-corrected chi connectivity index (χ1v) is 38.4. The van der Waals surface area contributed by atoms with Crippen molar-refractivity contribution in [2.75, 3.05) is 0 Å². The second kappa shape index (κ2) is 25.6. The van der Waals surface area contributed by atoms with E-state index in [0.29, 0.717) is 23.0 Å². The average molecular weight is 1440 g/mol. The van der Waals surface area contributed by atoms with Gasteiger partial charge in [-0.05, 0) is 108 Å². The summed E-state index contributed by atoms with van der Waals surface area (Å²) in [5.74, 6) is 2.72. The monoisotopic (exact) mass is 1440 g/mol. The van der Waals surface area contributed by atoms with Crippen molar-refractivity contribution in [1.82, 2.24) is 42.9 Å². The van der Waals surface area contributed by atoms with E-state index in [4.69, 9.17) is 19.9 Å². The highest BCUT2D eigenvalue weighted by molar-refractivity contribution is 6.16. The zero-order chi connectivity index (χ0) is 74.2. The highest BCUT2D eigenvalue weighted by Gasteiger charge is 2.41. The number of pyridine rings is 1. The van der Waals surface area contributed by atoms with Gasteiger partial charge < -0.3 is 9.13 Å². The van der Waals surface area contributed by atoms with Gasteiger partial charge in [0, 0.05) is 81.8 Å². The second-order valence-corrected chi connectivity index (χ2v) is 29.0. The number of aromatic nitrogens is 10. The molecule has 0 unspecified atom stereocenters. The molecule has 10 nitrogen and oxygen atoms in total. The lowest BCUT2D eigenvalue weighted by molar-refractivity contribution is -0.707. The number of hydrogen-bond donors (Lipinski definition) is 0. The summed E-state index contributed by atoms with van der Waals surface area (Å²) < 4.78 is 15.1. The fourth-order valence-electron chi connectivity index (χ4n) is 17.9. The van der Waals surface area contributed by atoms with E-state index in [1.165, 1.54) is 10.8 Å². The van der Waals surface area contributed by atoms with Crippen molar-refractivity contribution in [2.24, 2.45) is 0 Å². The van der Waals surface area contributed by atoms with E-state index in [1.807, 2.05) is 0 Å². The summed E-state index contributed by atoms with van der Waals surface area (Å²) >= 11 is 0. The summed E-state index contributed by atoms with van der Waals surface area (Å²) in [6, 6.07) is 143. The van der Waals surface area contributed by atoms with Gasteiger partial charge in [0.25, 0.3) is 11.6 Å². The SMILES string of the molecule is c1ccc(-c2cc(-c3c(-n4c5ccccc5c5ccccc54)c(-c4cc(-c5ccccc5)nc(-c5ccccc5)n4)c(-n4c5ccccc5c5ccccc54)[n+](-n4c5ccccc5c5cc(-c6ccc7c(c6)c6ccccc6n7-c6ccccc6)ccc54)c3-n3c4ccccc4c4ccccc43)nc(-c3ccccc3)n2)cc1. The Bertz CT molecular complexity index is 7240. The molecule has 0 fully saturated rings. The minimum absolute atomic E-state index is 0.565. The molecular formula is C103H65N10+. The smallest absolute Gasteiger partial charge is 0.268 e. The van der Waals surface area contributed by atoms with Crippen LogP contribution in [-0.4, -0.2) is 42.9 Å². The molecule has 15 aromatic carbocycles. The predicted molar refractivity (Wildman–Crippen MR) is 463 cm³/mol. The van der Waals surface area contributed by atoms with Crippen LogP contribution in [0.2, 0.25) is 0 Å². The Balaban J connectivity index is 0.997. The molecule has 10 heteroatoms. The lowest BCUT2D eigenvalue weighted by Crippen LogP contribution is -2.50. The van der Waals surface area contributed by atoms with Gasteiger partial charge in [-0.1, -0.05) is 297 Å². The van der Waals surface area contributed by atoms with E-state index < -0.39 is 0 Å². The van der Waals surface area contributed by atoms with Gasteiger partial charge >= 0.3 is 0 Å². The Labute approximate surface area is 648 Å². The van der Waals surface area contributed by atoms with E-state index in [0.717, 1.165) is 177 Å². The largest absolute Gasteiger partial charge is 0.309 e. The van der Waals surface area contributed by atoms with Crippen LogP contribution in [0.3, 0.4) is 0 Å². The number of rotatable bonds is 12. The summed E-state index contributed by atoms with van der Waals surface area (Å²) in [6.45, 7) is 0. The molecular weight excluding hydrogens is 1380 g/mol. The molecule has 0 radical (unpaired) electrons. The topological polar surface area (TPSA) is 80.1 Å². The fraction of sp³-hybridized carbons (Fsp3) is 0. The quantitative estimate of drug-likeness (QED) is 0.114. The van der Waals surface area contributed by atoms with Crippen LogP contribution in [0.25, 0.3) is 211 Å². The van der Waals surface area contributed by atoms with Crippen molar-refractivity contribution in [3.05, 3.63) is 394 Å². The highest BCUT2D eigenvalue weighted by atomic mass is 15.5. The molecule has 0 atom stereocenters. The third-order valence-corrected chi connectivity index (χ3v) is 22.7. The maximum atomic E-state index is 6.17. The van der Waals surface area contributed by atoms with Crippen LogP contribution in [0.5, 0.6) is 0 Å². The Morgan fingerprint density at radius 3 is 0.841 bits per heavy atom. The van der Waals surface area contributed by atoms with Gasteiger partial charge in [0.05, 0.1) is 61.6 Å². The van der Waals surface area contributed by atoms with Crippen molar-refractivity contribution in [3.8, 4) is 102 Å². The van der Waals surface area contributed by atoms with Crippen molar-refractivity contribution in [3.63, 3.8) is 0 Å². The summed E-state index contributed by atoms with van der Waals surface area (Å²) in [5, 5.41) is 11.0. The summed E-state index contributed by atoms with van der Waals surface area (Å²) in [6.07, 6.45) is 0. The first kappa shape index (κ1) is 63.7. The van der Waals surface area contributed by atoms with E-state index in [-0.39, 0.29) is 0 Å². The zero-order valence-corrected chi connectivity index (χ0v) is 61.0. The zero-order valence-electron chi connectivity index (χ0n) is 61.0. The molecule has 0 aliphatic heterocycles. The molecule has 0 N–H and O–H groups in total. The molecule has 8 aromatic heterocycles. The summed E-state index contributed by atoms with van der Waals surface area (Å²) in [7, 11) is 0. The molecule has 0 saturated heterocycles. The van der Waals surface area contributed by atoms with Gasteiger partial charge in [0.1, 0.15) is 33.2 Å². The Kier molecular flexibility index (Phi) is 14.4. The average Bonchev–Trinajstić information content (AvgIpc) is 1.59. The third kappa shape index (κ3) is 9.96. The van der Waals surface area contributed by atoms with Gasteiger partial charge in [-0.25, -0.2) is 29.1 Å². The molecule has 526 valence electrons. The fourth-order valence-corrected chi connectivity index (χ4v) is 17.9. The normalized spacial score (nSPS) is 11.9. The number of hydrogen-bond acceptors (Lipinski definition) is 4. The van der Waals surface area contributed by atoms with E-state index in [9.17, 15) is 0 Å². The van der Waals surface area contributed by atoms with Gasteiger partial charge in [-0.15, -0.1) is 4.68 Å². The second-order valence-electron chi connectivity index (χ2n) is 29.0. The molecule has 8 heterocycles. The molecule has 23 rings (SSSR count). The molecule has 0 aliphatic carbocycles. The van der Waals surface area contributed by atoms with E-state index in [1.54, 1.807) is 0 Å². The van der Waals surface area contributed by atoms with Gasteiger partial charge in [-0.2, -0.15) is 4.68 Å². The first-order valence-electron chi connectivity index (χ1n) is 38.4. The van der Waals surface area contributed by atoms with Crippen molar-refractivity contribution in [2.45, 2.75) is 0 Å². The number of benzene rings is 15. The van der Waals surface area contributed by atoms with Crippen LogP contribution in [0.15, 0.2) is 394 Å². The number of fused-ring (bicyclic) bond motifs is 15. The standard InChI is InChI=1S/C103H65N10/c1-6-32-66(33-7-1)83-64-85(106-100(104-83)68-36-10-3-11-37-68)97-99(109-88-51-25-16-42-73(88)74-43-17-26-52-89(74)109)98(86-65-84(67-34-8-2-9-35-67)105-101(107-86)69-38-12-4-13-39-69)103(111-92-55-29-20-46-77(92)78-47-21-30-56-93(78)111)113(102(97)110-90-53-27-18-44-75(90)76-45-19-28-54-91(76)110)112-95-57-31-23-49-80(95)82-63-71(59-61-96(82)112)70-58-60-94-81(62-70)79-48-22-24-50-87(79)108(94)72-40-14-5-15-41-72/h1-65H/q+1. The lowest BCUT2D eigenvalue weighted by Gasteiger charge is -2.27. The van der Waals surface area contributed by atoms with Gasteiger partial charge in [0.2, 0.25) is 0 Å². The predicted octanol–water partition coefficient (Wildman–Crippen LogP) is 25.0. The van der Waals surface area contributed by atoms with E-state index >= 15 is 0 Å². The van der Waals surface area contributed by atoms with Crippen molar-refractivity contribution >= 4 is 109 Å². The molecule has 113 heavy (non-hydrogen) atoms. The highest BCUT2D eigenvalue weighted by Crippen LogP contribution is 2.50. The molecule has 0 amide bonds. The Morgan fingerprint density at radius 1 is 0.186 bits per heavy atom. The summed E-state index contributed by atoms with van der Waals surface area (Å²) in [4.78, 5) is 23.6. The van der Waals surface area contributed by atoms with Crippen molar-refractivity contribution < 1.29 is 4.68 Å². The van der Waals surface area contributed by atoms with Crippen LogP contribution < -0.4 is 4.68 Å². The minimum atomic E-state index is 0.565. The van der Waals surface area contributed by atoms with Crippen LogP contribution >= 0.6 is 0 Å². The van der Waals surface area contributed by atoms with Gasteiger partial charge in [-0.3, -0.25) is 0 Å². The lowest BCUT2D eigenvalue weighted by atomic mass is 9.98. The third-order valence-electron chi connectivity index (χ3n) is 22.7. The maximum absolute atomic E-state index is 6.17. The molecule has 0 saturated carbocycles. The molecule has 0 bridgehead atoms. The number of para-hydroxylation sites is 9. The van der Waals surface area contributed by atoms with E-state index in [2.05, 4.69) is 422 Å².